The Morgan fingerprint density at radius 1 is 0.660 bits per heavy atom. The fraction of sp³-hybridized carbons (Fsp3) is 1.00. The molecule has 284 valence electrons. The Morgan fingerprint density at radius 2 is 1.11 bits per heavy atom. The SMILES string of the molecule is COP(=O)(O)OCCNCCC(C)(C)N(CCN)CCNCCN(CCC(C)C)CCN(CCN)CCNCCN(CCN)CCN. The number of rotatable bonds is 35. The largest absolute Gasteiger partial charge is 0.471 e. The molecule has 0 saturated carbocycles. The molecule has 0 saturated heterocycles. The van der Waals surface area contributed by atoms with Crippen LogP contribution in [0.1, 0.15) is 40.5 Å². The zero-order valence-corrected chi connectivity index (χ0v) is 31.7. The molecule has 0 bridgehead atoms. The second-order valence-corrected chi connectivity index (χ2v) is 14.7. The van der Waals surface area contributed by atoms with Gasteiger partial charge in [-0.25, -0.2) is 4.57 Å². The first-order valence-corrected chi connectivity index (χ1v) is 19.3. The van der Waals surface area contributed by atoms with Crippen LogP contribution in [0, 0.1) is 5.92 Å². The molecule has 0 aliphatic rings. The zero-order valence-electron chi connectivity index (χ0n) is 30.8. The van der Waals surface area contributed by atoms with Crippen LogP contribution in [0.2, 0.25) is 0 Å². The third kappa shape index (κ3) is 26.2. The molecule has 0 aromatic carbocycles. The molecular formula is C31H76N11O4P. The van der Waals surface area contributed by atoms with Crippen molar-refractivity contribution in [2.75, 3.05) is 151 Å². The number of phosphoric ester groups is 1. The fourth-order valence-corrected chi connectivity index (χ4v) is 5.72. The number of nitrogens with two attached hydrogens (primary N) is 4. The Morgan fingerprint density at radius 3 is 1.57 bits per heavy atom. The molecule has 47 heavy (non-hydrogen) atoms. The van der Waals surface area contributed by atoms with E-state index in [1.54, 1.807) is 0 Å². The van der Waals surface area contributed by atoms with Gasteiger partial charge in [-0.1, -0.05) is 13.8 Å². The minimum Gasteiger partial charge on any atom is -0.329 e. The van der Waals surface area contributed by atoms with E-state index in [2.05, 4.69) is 67.8 Å². The highest BCUT2D eigenvalue weighted by atomic mass is 31.2. The maximum absolute atomic E-state index is 11.4. The van der Waals surface area contributed by atoms with Crippen molar-refractivity contribution in [1.29, 1.82) is 0 Å². The molecule has 0 rings (SSSR count). The van der Waals surface area contributed by atoms with E-state index in [1.807, 2.05) is 0 Å². The van der Waals surface area contributed by atoms with Crippen LogP contribution in [0.5, 0.6) is 0 Å². The minimum absolute atomic E-state index is 0.0490. The van der Waals surface area contributed by atoms with E-state index in [9.17, 15) is 9.46 Å². The predicted molar refractivity (Wildman–Crippen MR) is 197 cm³/mol. The van der Waals surface area contributed by atoms with E-state index in [-0.39, 0.29) is 12.1 Å². The minimum atomic E-state index is -3.93. The van der Waals surface area contributed by atoms with Crippen molar-refractivity contribution in [3.8, 4) is 0 Å². The molecule has 0 aromatic rings. The van der Waals surface area contributed by atoms with Gasteiger partial charge >= 0.3 is 7.82 Å². The van der Waals surface area contributed by atoms with Gasteiger partial charge in [-0.15, -0.1) is 0 Å². The first kappa shape index (κ1) is 46.7. The van der Waals surface area contributed by atoms with Crippen molar-refractivity contribution in [2.24, 2.45) is 28.9 Å². The van der Waals surface area contributed by atoms with Crippen LogP contribution in [0.4, 0.5) is 0 Å². The Bertz CT molecular complexity index is 752. The van der Waals surface area contributed by atoms with Crippen LogP contribution in [0.15, 0.2) is 0 Å². The number of hydrogen-bond acceptors (Lipinski definition) is 14. The number of hydrogen-bond donors (Lipinski definition) is 8. The smallest absolute Gasteiger partial charge is 0.329 e. The summed E-state index contributed by atoms with van der Waals surface area (Å²) < 4.78 is 20.7. The highest BCUT2D eigenvalue weighted by molar-refractivity contribution is 7.47. The Kier molecular flexibility index (Phi) is 29.2. The van der Waals surface area contributed by atoms with Gasteiger partial charge in [-0.3, -0.25) is 23.7 Å². The summed E-state index contributed by atoms with van der Waals surface area (Å²) in [5.74, 6) is 0.670. The molecule has 16 heteroatoms. The monoisotopic (exact) mass is 698 g/mol. The van der Waals surface area contributed by atoms with Gasteiger partial charge < -0.3 is 48.7 Å². The van der Waals surface area contributed by atoms with E-state index >= 15 is 0 Å². The van der Waals surface area contributed by atoms with E-state index in [0.717, 1.165) is 118 Å². The first-order chi connectivity index (χ1) is 22.4. The number of nitrogens with one attached hydrogen (secondary N) is 3. The molecule has 1 atom stereocenters. The Balaban J connectivity index is 4.64. The van der Waals surface area contributed by atoms with Gasteiger partial charge in [-0.2, -0.15) is 0 Å². The third-order valence-electron chi connectivity index (χ3n) is 8.40. The van der Waals surface area contributed by atoms with Gasteiger partial charge in [0.15, 0.2) is 0 Å². The van der Waals surface area contributed by atoms with Crippen LogP contribution < -0.4 is 38.9 Å². The van der Waals surface area contributed by atoms with Crippen molar-refractivity contribution in [3.63, 3.8) is 0 Å². The maximum Gasteiger partial charge on any atom is 0.471 e. The standard InChI is InChI=1S/C31H76N11O4P/c1-30(2)6-18-39(27-28-41(21-10-34)25-15-37-14-24-40(19-8-32)20-9-33)23-13-38-16-26-42(22-11-35)31(3,4)7-12-36-17-29-46-47(43,44)45-5/h30,36-38H,6-29,32-35H2,1-5H3,(H,43,44). The second-order valence-electron chi connectivity index (χ2n) is 13.1. The predicted octanol–water partition coefficient (Wildman–Crippen LogP) is -1.22. The summed E-state index contributed by atoms with van der Waals surface area (Å²) in [7, 11) is -2.77. The second kappa shape index (κ2) is 29.4. The zero-order chi connectivity index (χ0) is 35.4. The van der Waals surface area contributed by atoms with E-state index in [4.69, 9.17) is 27.5 Å². The van der Waals surface area contributed by atoms with Gasteiger partial charge in [-0.05, 0) is 45.7 Å². The number of nitrogens with zero attached hydrogens (tertiary/aromatic N) is 4. The Hall–Kier alpha value is -0.330. The van der Waals surface area contributed by atoms with Gasteiger partial charge in [0.25, 0.3) is 0 Å². The summed E-state index contributed by atoms with van der Waals surface area (Å²) in [6.07, 6.45) is 2.09. The van der Waals surface area contributed by atoms with Crippen molar-refractivity contribution in [2.45, 2.75) is 46.1 Å². The summed E-state index contributed by atoms with van der Waals surface area (Å²) >= 11 is 0. The van der Waals surface area contributed by atoms with Gasteiger partial charge in [0.1, 0.15) is 0 Å². The number of phosphoric acid groups is 1. The van der Waals surface area contributed by atoms with Crippen LogP contribution in [-0.4, -0.2) is 181 Å². The lowest BCUT2D eigenvalue weighted by molar-refractivity contribution is 0.114. The molecule has 0 aliphatic heterocycles. The molecule has 0 heterocycles. The average Bonchev–Trinajstić information content (AvgIpc) is 3.02. The highest BCUT2D eigenvalue weighted by Gasteiger charge is 2.25. The topological polar surface area (TPSA) is 209 Å². The highest BCUT2D eigenvalue weighted by Crippen LogP contribution is 2.41. The van der Waals surface area contributed by atoms with Gasteiger partial charge in [0.2, 0.25) is 0 Å². The summed E-state index contributed by atoms with van der Waals surface area (Å²) in [5.41, 5.74) is 23.3. The van der Waals surface area contributed by atoms with E-state index in [0.29, 0.717) is 38.6 Å². The average molecular weight is 698 g/mol. The van der Waals surface area contributed by atoms with Crippen molar-refractivity contribution in [1.82, 2.24) is 35.6 Å². The molecule has 0 spiro atoms. The van der Waals surface area contributed by atoms with E-state index in [1.165, 1.54) is 6.42 Å². The summed E-state index contributed by atoms with van der Waals surface area (Å²) in [4.78, 5) is 19.1. The van der Waals surface area contributed by atoms with Crippen LogP contribution >= 0.6 is 7.82 Å². The fourth-order valence-electron chi connectivity index (χ4n) is 5.29. The van der Waals surface area contributed by atoms with Gasteiger partial charge in [0, 0.05) is 137 Å². The van der Waals surface area contributed by atoms with Crippen molar-refractivity contribution >= 4 is 7.82 Å². The quantitative estimate of drug-likeness (QED) is 0.0288. The molecule has 1 unspecified atom stereocenters. The lowest BCUT2D eigenvalue weighted by Crippen LogP contribution is -2.50. The summed E-state index contributed by atoms with van der Waals surface area (Å²) in [5, 5.41) is 10.5. The van der Waals surface area contributed by atoms with Crippen LogP contribution in [0.25, 0.3) is 0 Å². The molecule has 0 amide bonds. The third-order valence-corrected chi connectivity index (χ3v) is 9.37. The van der Waals surface area contributed by atoms with Crippen molar-refractivity contribution < 1.29 is 18.5 Å². The first-order valence-electron chi connectivity index (χ1n) is 17.8. The van der Waals surface area contributed by atoms with Crippen LogP contribution in [0.3, 0.4) is 0 Å². The molecule has 0 aromatic heterocycles. The molecule has 0 fully saturated rings. The summed E-state index contributed by atoms with van der Waals surface area (Å²) in [6, 6.07) is 0. The van der Waals surface area contributed by atoms with Crippen LogP contribution in [-0.2, 0) is 13.6 Å². The Labute approximate surface area is 287 Å². The normalized spacial score (nSPS) is 14.0. The molecule has 12 N–H and O–H groups in total. The lowest BCUT2D eigenvalue weighted by Gasteiger charge is -2.39. The molecule has 0 radical (unpaired) electrons. The van der Waals surface area contributed by atoms with Crippen molar-refractivity contribution in [3.05, 3.63) is 0 Å². The van der Waals surface area contributed by atoms with E-state index < -0.39 is 7.82 Å². The molecule has 15 nitrogen and oxygen atoms in total. The summed E-state index contributed by atoms with van der Waals surface area (Å²) in [6.45, 7) is 27.2. The maximum atomic E-state index is 11.4. The molecule has 0 aliphatic carbocycles. The van der Waals surface area contributed by atoms with Gasteiger partial charge in [0.05, 0.1) is 6.61 Å². The lowest BCUT2D eigenvalue weighted by atomic mass is 9.97. The molecular weight excluding hydrogens is 621 g/mol.